The Bertz CT molecular complexity index is 1070. The Labute approximate surface area is 178 Å². The second kappa shape index (κ2) is 9.00. The van der Waals surface area contributed by atoms with E-state index in [-0.39, 0.29) is 5.91 Å². The topological polar surface area (TPSA) is 38.3 Å². The molecule has 30 heavy (non-hydrogen) atoms. The zero-order valence-corrected chi connectivity index (χ0v) is 17.6. The van der Waals surface area contributed by atoms with Gasteiger partial charge in [0.05, 0.1) is 0 Å². The van der Waals surface area contributed by atoms with Gasteiger partial charge in [-0.25, -0.2) is 0 Å². The number of rotatable bonds is 6. The van der Waals surface area contributed by atoms with E-state index in [2.05, 4.69) is 54.7 Å². The Kier molecular flexibility index (Phi) is 5.99. The number of amides is 1. The van der Waals surface area contributed by atoms with Crippen LogP contribution in [0.1, 0.15) is 48.4 Å². The first-order valence-corrected chi connectivity index (χ1v) is 10.5. The molecule has 0 saturated heterocycles. The average Bonchev–Trinajstić information content (AvgIpc) is 3.23. The van der Waals surface area contributed by atoms with Crippen LogP contribution in [0.3, 0.4) is 0 Å². The summed E-state index contributed by atoms with van der Waals surface area (Å²) >= 11 is 0. The Morgan fingerprint density at radius 1 is 0.933 bits per heavy atom. The standard InChI is InChI=1S/C27H27NO2/c1-19-11-16-27(30-18-21-7-4-3-5-8-21)26(17-19)25-10-6-9-24(25)22-12-14-23(15-13-22)28-20(2)29/h3-5,7-8,11-17H,6,9-10,18H2,1-2H3,(H,28,29). The molecule has 1 aliphatic rings. The van der Waals surface area contributed by atoms with Crippen molar-refractivity contribution in [1.29, 1.82) is 0 Å². The monoisotopic (exact) mass is 397 g/mol. The molecular formula is C27H27NO2. The maximum absolute atomic E-state index is 11.3. The van der Waals surface area contributed by atoms with E-state index in [1.54, 1.807) is 0 Å². The van der Waals surface area contributed by atoms with Gasteiger partial charge in [-0.1, -0.05) is 54.1 Å². The van der Waals surface area contributed by atoms with E-state index in [1.165, 1.54) is 40.3 Å². The van der Waals surface area contributed by atoms with Gasteiger partial charge in [-0.3, -0.25) is 4.79 Å². The SMILES string of the molecule is CC(=O)Nc1ccc(C2=C(c3cc(C)ccc3OCc3ccccc3)CCC2)cc1. The summed E-state index contributed by atoms with van der Waals surface area (Å²) in [5, 5.41) is 2.84. The molecule has 3 aromatic carbocycles. The summed E-state index contributed by atoms with van der Waals surface area (Å²) in [5.74, 6) is 0.886. The van der Waals surface area contributed by atoms with Crippen LogP contribution in [-0.4, -0.2) is 5.91 Å². The van der Waals surface area contributed by atoms with Crippen LogP contribution in [0, 0.1) is 6.92 Å². The van der Waals surface area contributed by atoms with Crippen molar-refractivity contribution in [1.82, 2.24) is 0 Å². The highest BCUT2D eigenvalue weighted by atomic mass is 16.5. The van der Waals surface area contributed by atoms with Gasteiger partial charge < -0.3 is 10.1 Å². The van der Waals surface area contributed by atoms with Crippen molar-refractivity contribution in [3.8, 4) is 5.75 Å². The third-order valence-corrected chi connectivity index (χ3v) is 5.47. The minimum atomic E-state index is -0.0523. The number of hydrogen-bond donors (Lipinski definition) is 1. The van der Waals surface area contributed by atoms with Crippen LogP contribution < -0.4 is 10.1 Å². The molecule has 0 spiro atoms. The molecule has 1 N–H and O–H groups in total. The lowest BCUT2D eigenvalue weighted by Crippen LogP contribution is -2.05. The van der Waals surface area contributed by atoms with Crippen LogP contribution in [0.2, 0.25) is 0 Å². The Hall–Kier alpha value is -3.33. The molecule has 0 saturated carbocycles. The van der Waals surface area contributed by atoms with Crippen LogP contribution in [0.15, 0.2) is 72.8 Å². The van der Waals surface area contributed by atoms with Crippen LogP contribution in [-0.2, 0) is 11.4 Å². The first kappa shape index (κ1) is 20.0. The number of ether oxygens (including phenoxy) is 1. The van der Waals surface area contributed by atoms with Crippen molar-refractivity contribution in [2.45, 2.75) is 39.7 Å². The Morgan fingerprint density at radius 2 is 1.67 bits per heavy atom. The summed E-state index contributed by atoms with van der Waals surface area (Å²) in [6.45, 7) is 4.22. The molecule has 0 aliphatic heterocycles. The van der Waals surface area contributed by atoms with Crippen molar-refractivity contribution in [2.24, 2.45) is 0 Å². The lowest BCUT2D eigenvalue weighted by atomic mass is 9.95. The largest absolute Gasteiger partial charge is 0.488 e. The van der Waals surface area contributed by atoms with Gasteiger partial charge in [0.1, 0.15) is 12.4 Å². The summed E-state index contributed by atoms with van der Waals surface area (Å²) in [4.78, 5) is 11.3. The molecule has 0 radical (unpaired) electrons. The molecule has 3 aromatic rings. The molecular weight excluding hydrogens is 370 g/mol. The van der Waals surface area contributed by atoms with Crippen molar-refractivity contribution < 1.29 is 9.53 Å². The minimum absolute atomic E-state index is 0.0523. The van der Waals surface area contributed by atoms with Gasteiger partial charge in [-0.15, -0.1) is 0 Å². The van der Waals surface area contributed by atoms with E-state index in [0.717, 1.165) is 30.7 Å². The molecule has 0 aromatic heterocycles. The van der Waals surface area contributed by atoms with Gasteiger partial charge in [0.15, 0.2) is 0 Å². The van der Waals surface area contributed by atoms with Crippen LogP contribution >= 0.6 is 0 Å². The second-order valence-corrected chi connectivity index (χ2v) is 7.84. The van der Waals surface area contributed by atoms with E-state index in [0.29, 0.717) is 6.61 Å². The molecule has 3 heteroatoms. The Balaban J connectivity index is 1.65. The van der Waals surface area contributed by atoms with Gasteiger partial charge >= 0.3 is 0 Å². The Morgan fingerprint density at radius 3 is 2.40 bits per heavy atom. The predicted molar refractivity (Wildman–Crippen MR) is 123 cm³/mol. The zero-order valence-electron chi connectivity index (χ0n) is 17.6. The highest BCUT2D eigenvalue weighted by molar-refractivity contribution is 5.95. The smallest absolute Gasteiger partial charge is 0.221 e. The number of anilines is 1. The normalized spacial score (nSPS) is 13.4. The maximum Gasteiger partial charge on any atom is 0.221 e. The number of carbonyl (C=O) groups is 1. The fraction of sp³-hybridized carbons (Fsp3) is 0.222. The second-order valence-electron chi connectivity index (χ2n) is 7.84. The van der Waals surface area contributed by atoms with Crippen molar-refractivity contribution in [3.63, 3.8) is 0 Å². The lowest BCUT2D eigenvalue weighted by molar-refractivity contribution is -0.114. The van der Waals surface area contributed by atoms with Gasteiger partial charge in [-0.2, -0.15) is 0 Å². The van der Waals surface area contributed by atoms with E-state index < -0.39 is 0 Å². The quantitative estimate of drug-likeness (QED) is 0.507. The molecule has 0 fully saturated rings. The number of nitrogens with one attached hydrogen (secondary N) is 1. The van der Waals surface area contributed by atoms with Crippen LogP contribution in [0.25, 0.3) is 11.1 Å². The third-order valence-electron chi connectivity index (χ3n) is 5.47. The molecule has 4 rings (SSSR count). The lowest BCUT2D eigenvalue weighted by Gasteiger charge is -2.16. The van der Waals surface area contributed by atoms with Gasteiger partial charge in [0.2, 0.25) is 5.91 Å². The van der Waals surface area contributed by atoms with E-state index in [1.807, 2.05) is 30.3 Å². The molecule has 0 unspecified atom stereocenters. The molecule has 0 atom stereocenters. The highest BCUT2D eigenvalue weighted by Crippen LogP contribution is 2.43. The zero-order chi connectivity index (χ0) is 20.9. The molecule has 1 amide bonds. The van der Waals surface area contributed by atoms with Crippen molar-refractivity contribution in [2.75, 3.05) is 5.32 Å². The fourth-order valence-corrected chi connectivity index (χ4v) is 4.06. The number of allylic oxidation sites excluding steroid dienone is 2. The number of benzene rings is 3. The van der Waals surface area contributed by atoms with Crippen LogP contribution in [0.5, 0.6) is 5.75 Å². The highest BCUT2D eigenvalue weighted by Gasteiger charge is 2.21. The van der Waals surface area contributed by atoms with Crippen LogP contribution in [0.4, 0.5) is 5.69 Å². The third kappa shape index (κ3) is 4.62. The maximum atomic E-state index is 11.3. The summed E-state index contributed by atoms with van der Waals surface area (Å²) in [6.07, 6.45) is 3.25. The van der Waals surface area contributed by atoms with Gasteiger partial charge in [-0.05, 0) is 72.7 Å². The summed E-state index contributed by atoms with van der Waals surface area (Å²) < 4.78 is 6.26. The van der Waals surface area contributed by atoms with Gasteiger partial charge in [0, 0.05) is 18.2 Å². The molecule has 0 heterocycles. The molecule has 0 bridgehead atoms. The van der Waals surface area contributed by atoms with Crippen molar-refractivity contribution >= 4 is 22.7 Å². The first-order chi connectivity index (χ1) is 14.6. The molecule has 1 aliphatic carbocycles. The minimum Gasteiger partial charge on any atom is -0.488 e. The molecule has 152 valence electrons. The van der Waals surface area contributed by atoms with E-state index >= 15 is 0 Å². The predicted octanol–water partition coefficient (Wildman–Crippen LogP) is 6.63. The number of carbonyl (C=O) groups excluding carboxylic acids is 1. The number of hydrogen-bond acceptors (Lipinski definition) is 2. The molecule has 3 nitrogen and oxygen atoms in total. The van der Waals surface area contributed by atoms with E-state index in [4.69, 9.17) is 4.74 Å². The summed E-state index contributed by atoms with van der Waals surface area (Å²) in [6, 6.07) is 24.9. The summed E-state index contributed by atoms with van der Waals surface area (Å²) in [7, 11) is 0. The van der Waals surface area contributed by atoms with Crippen molar-refractivity contribution in [3.05, 3.63) is 95.1 Å². The van der Waals surface area contributed by atoms with E-state index in [9.17, 15) is 4.79 Å². The first-order valence-electron chi connectivity index (χ1n) is 10.5. The fourth-order valence-electron chi connectivity index (χ4n) is 4.06. The number of aryl methyl sites for hydroxylation is 1. The summed E-state index contributed by atoms with van der Waals surface area (Å²) in [5.41, 5.74) is 8.38. The van der Waals surface area contributed by atoms with Gasteiger partial charge in [0.25, 0.3) is 0 Å². The average molecular weight is 398 g/mol.